The van der Waals surface area contributed by atoms with Crippen LogP contribution < -0.4 is 5.56 Å². The lowest BCUT2D eigenvalue weighted by molar-refractivity contribution is -0.142. The fraction of sp³-hybridized carbons (Fsp3) is 0.222. The van der Waals surface area contributed by atoms with Crippen LogP contribution >= 0.6 is 0 Å². The van der Waals surface area contributed by atoms with Crippen molar-refractivity contribution in [2.24, 2.45) is 5.92 Å². The van der Waals surface area contributed by atoms with Gasteiger partial charge in [-0.25, -0.2) is 4.68 Å². The molecule has 0 aliphatic heterocycles. The van der Waals surface area contributed by atoms with Crippen LogP contribution in [0.1, 0.15) is 35.7 Å². The molecule has 34 heavy (non-hydrogen) atoms. The fourth-order valence-corrected chi connectivity index (χ4v) is 3.88. The largest absolute Gasteiger partial charge is 0.481 e. The van der Waals surface area contributed by atoms with Gasteiger partial charge in [0.15, 0.2) is 5.78 Å². The summed E-state index contributed by atoms with van der Waals surface area (Å²) in [7, 11) is 0. The zero-order chi connectivity index (χ0) is 24.1. The van der Waals surface area contributed by atoms with E-state index in [-0.39, 0.29) is 30.7 Å². The zero-order valence-corrected chi connectivity index (χ0v) is 18.8. The molecule has 0 amide bonds. The number of carboxylic acids is 1. The second-order valence-corrected chi connectivity index (χ2v) is 8.21. The number of hydrogen-bond acceptors (Lipinski definition) is 5. The minimum atomic E-state index is -1.08. The molecule has 0 saturated heterocycles. The van der Waals surface area contributed by atoms with Crippen molar-refractivity contribution in [3.8, 4) is 11.1 Å². The molecule has 1 aromatic heterocycles. The number of fused-ring (bicyclic) bond motifs is 1. The minimum Gasteiger partial charge on any atom is -0.481 e. The van der Waals surface area contributed by atoms with Gasteiger partial charge in [0.2, 0.25) is 0 Å². The Morgan fingerprint density at radius 2 is 1.59 bits per heavy atom. The molecule has 0 unspecified atom stereocenters. The molecule has 1 N–H and O–H groups in total. The van der Waals surface area contributed by atoms with E-state index in [1.165, 1.54) is 5.56 Å². The van der Waals surface area contributed by atoms with Gasteiger partial charge < -0.3 is 5.11 Å². The summed E-state index contributed by atoms with van der Waals surface area (Å²) in [5, 5.41) is 18.0. The van der Waals surface area contributed by atoms with E-state index < -0.39 is 11.9 Å². The van der Waals surface area contributed by atoms with E-state index in [0.717, 1.165) is 22.2 Å². The first kappa shape index (κ1) is 23.0. The van der Waals surface area contributed by atoms with Crippen molar-refractivity contribution >= 4 is 22.7 Å². The second-order valence-electron chi connectivity index (χ2n) is 8.21. The summed E-state index contributed by atoms with van der Waals surface area (Å²) >= 11 is 0. The number of benzene rings is 3. The Labute approximate surface area is 196 Å². The van der Waals surface area contributed by atoms with Crippen molar-refractivity contribution in [3.63, 3.8) is 0 Å². The molecule has 7 heteroatoms. The van der Waals surface area contributed by atoms with Gasteiger partial charge >= 0.3 is 5.97 Å². The molecule has 172 valence electrons. The molecule has 3 aromatic carbocycles. The Kier molecular flexibility index (Phi) is 6.92. The number of aliphatic carboxylic acids is 1. The molecular formula is C27H25N3O4. The lowest BCUT2D eigenvalue weighted by atomic mass is 9.94. The van der Waals surface area contributed by atoms with Crippen LogP contribution in [-0.4, -0.2) is 31.9 Å². The highest BCUT2D eigenvalue weighted by atomic mass is 16.4. The highest BCUT2D eigenvalue weighted by molar-refractivity contribution is 5.98. The standard InChI is InChI=1S/C27H25N3O4/c1-2-18-7-9-19(10-8-18)20-11-13-21(14-12-20)25(31)17-22(27(33)34)15-16-30-26(32)23-5-3-4-6-24(23)28-29-30/h3-14,22H,2,15-17H2,1H3,(H,33,34)/t22-/m0/s1. The van der Waals surface area contributed by atoms with Crippen molar-refractivity contribution in [2.75, 3.05) is 0 Å². The van der Waals surface area contributed by atoms with E-state index in [1.807, 2.05) is 24.3 Å². The first-order valence-electron chi connectivity index (χ1n) is 11.2. The van der Waals surface area contributed by atoms with Crippen LogP contribution in [0, 0.1) is 5.92 Å². The molecule has 7 nitrogen and oxygen atoms in total. The van der Waals surface area contributed by atoms with Crippen molar-refractivity contribution in [1.82, 2.24) is 15.0 Å². The summed E-state index contributed by atoms with van der Waals surface area (Å²) in [6, 6.07) is 22.3. The van der Waals surface area contributed by atoms with Gasteiger partial charge in [-0.05, 0) is 41.7 Å². The summed E-state index contributed by atoms with van der Waals surface area (Å²) in [4.78, 5) is 37.2. The summed E-state index contributed by atoms with van der Waals surface area (Å²) in [6.07, 6.45) is 0.909. The molecular weight excluding hydrogens is 430 g/mol. The van der Waals surface area contributed by atoms with Gasteiger partial charge in [0.25, 0.3) is 5.56 Å². The molecule has 0 aliphatic carbocycles. The van der Waals surface area contributed by atoms with E-state index >= 15 is 0 Å². The predicted octanol–water partition coefficient (Wildman–Crippen LogP) is 4.38. The number of rotatable bonds is 9. The monoisotopic (exact) mass is 455 g/mol. The van der Waals surface area contributed by atoms with Crippen LogP contribution in [0.2, 0.25) is 0 Å². The molecule has 0 spiro atoms. The van der Waals surface area contributed by atoms with Gasteiger partial charge in [0.05, 0.1) is 11.3 Å². The highest BCUT2D eigenvalue weighted by Gasteiger charge is 2.22. The van der Waals surface area contributed by atoms with Gasteiger partial charge in [0.1, 0.15) is 5.52 Å². The molecule has 0 fully saturated rings. The quantitative estimate of drug-likeness (QED) is 0.376. The van der Waals surface area contributed by atoms with E-state index in [4.69, 9.17) is 0 Å². The smallest absolute Gasteiger partial charge is 0.307 e. The minimum absolute atomic E-state index is 0.0631. The Hall–Kier alpha value is -4.13. The van der Waals surface area contributed by atoms with E-state index in [0.29, 0.717) is 16.5 Å². The molecule has 4 rings (SSSR count). The zero-order valence-electron chi connectivity index (χ0n) is 18.8. The first-order valence-corrected chi connectivity index (χ1v) is 11.2. The lowest BCUT2D eigenvalue weighted by Gasteiger charge is -2.12. The number of Topliss-reactive ketones (excluding diaryl/α,β-unsaturated/α-hetero) is 1. The summed E-state index contributed by atoms with van der Waals surface area (Å²) in [5.41, 5.74) is 3.92. The number of carbonyl (C=O) groups is 2. The maximum absolute atomic E-state index is 12.8. The number of ketones is 1. The summed E-state index contributed by atoms with van der Waals surface area (Å²) in [6.45, 7) is 2.17. The number of aromatic nitrogens is 3. The lowest BCUT2D eigenvalue weighted by Crippen LogP contribution is -2.27. The third-order valence-electron chi connectivity index (χ3n) is 6.00. The Balaban J connectivity index is 1.43. The number of aryl methyl sites for hydroxylation is 2. The van der Waals surface area contributed by atoms with Gasteiger partial charge in [-0.3, -0.25) is 14.4 Å². The van der Waals surface area contributed by atoms with Crippen LogP contribution in [0.4, 0.5) is 0 Å². The van der Waals surface area contributed by atoms with Gasteiger partial charge in [-0.2, -0.15) is 0 Å². The van der Waals surface area contributed by atoms with Gasteiger partial charge in [-0.1, -0.05) is 72.8 Å². The predicted molar refractivity (Wildman–Crippen MR) is 130 cm³/mol. The SMILES string of the molecule is CCc1ccc(-c2ccc(C(=O)C[C@H](CCn3nnc4ccccc4c3=O)C(=O)O)cc2)cc1. The van der Waals surface area contributed by atoms with Crippen molar-refractivity contribution in [2.45, 2.75) is 32.7 Å². The van der Waals surface area contributed by atoms with Gasteiger partial charge in [0, 0.05) is 18.5 Å². The Bertz CT molecular complexity index is 1380. The molecule has 0 radical (unpaired) electrons. The van der Waals surface area contributed by atoms with Gasteiger partial charge in [-0.15, -0.1) is 5.10 Å². The molecule has 0 bridgehead atoms. The highest BCUT2D eigenvalue weighted by Crippen LogP contribution is 2.22. The number of carbonyl (C=O) groups excluding carboxylic acids is 1. The number of hydrogen-bond donors (Lipinski definition) is 1. The summed E-state index contributed by atoms with van der Waals surface area (Å²) < 4.78 is 1.15. The first-order chi connectivity index (χ1) is 16.5. The Morgan fingerprint density at radius 1 is 0.941 bits per heavy atom. The third-order valence-corrected chi connectivity index (χ3v) is 6.00. The molecule has 0 aliphatic rings. The Morgan fingerprint density at radius 3 is 2.24 bits per heavy atom. The fourth-order valence-electron chi connectivity index (χ4n) is 3.88. The van der Waals surface area contributed by atoms with E-state index in [1.54, 1.807) is 36.4 Å². The molecule has 0 saturated carbocycles. The van der Waals surface area contributed by atoms with E-state index in [9.17, 15) is 19.5 Å². The van der Waals surface area contributed by atoms with Crippen LogP contribution in [0.5, 0.6) is 0 Å². The number of carboxylic acid groups (broad SMARTS) is 1. The average Bonchev–Trinajstić information content (AvgIpc) is 2.87. The summed E-state index contributed by atoms with van der Waals surface area (Å²) in [5.74, 6) is -2.27. The van der Waals surface area contributed by atoms with Crippen LogP contribution in [0.25, 0.3) is 22.0 Å². The third kappa shape index (κ3) is 5.09. The maximum atomic E-state index is 12.8. The van der Waals surface area contributed by atoms with Crippen molar-refractivity contribution < 1.29 is 14.7 Å². The maximum Gasteiger partial charge on any atom is 0.307 e. The molecule has 4 aromatic rings. The van der Waals surface area contributed by atoms with Crippen molar-refractivity contribution in [3.05, 3.63) is 94.3 Å². The second kappa shape index (κ2) is 10.2. The normalized spacial score (nSPS) is 11.9. The molecule has 1 heterocycles. The van der Waals surface area contributed by atoms with Crippen LogP contribution in [-0.2, 0) is 17.8 Å². The van der Waals surface area contributed by atoms with Crippen LogP contribution in [0.3, 0.4) is 0 Å². The molecule has 1 atom stereocenters. The average molecular weight is 456 g/mol. The van der Waals surface area contributed by atoms with Crippen molar-refractivity contribution in [1.29, 1.82) is 0 Å². The van der Waals surface area contributed by atoms with Crippen LogP contribution in [0.15, 0.2) is 77.6 Å². The number of nitrogens with zero attached hydrogens (tertiary/aromatic N) is 3. The topological polar surface area (TPSA) is 102 Å². The van der Waals surface area contributed by atoms with E-state index in [2.05, 4.69) is 29.4 Å².